The van der Waals surface area contributed by atoms with Crippen LogP contribution in [-0.4, -0.2) is 39.0 Å². The van der Waals surface area contributed by atoms with Gasteiger partial charge in [-0.2, -0.15) is 5.10 Å². The van der Waals surface area contributed by atoms with Gasteiger partial charge in [-0.05, 0) is 18.9 Å². The van der Waals surface area contributed by atoms with Gasteiger partial charge in [-0.1, -0.05) is 37.3 Å². The first-order chi connectivity index (χ1) is 15.5. The van der Waals surface area contributed by atoms with Crippen LogP contribution in [0.2, 0.25) is 0 Å². The van der Waals surface area contributed by atoms with E-state index in [0.29, 0.717) is 24.7 Å². The number of methoxy groups -OCH3 is 1. The number of carbonyl (C=O) groups excluding carboxylic acids is 1. The molecule has 0 saturated carbocycles. The second kappa shape index (κ2) is 9.19. The molecular weight excluding hydrogens is 410 g/mol. The second-order valence-electron chi connectivity index (χ2n) is 7.40. The maximum absolute atomic E-state index is 13.3. The van der Waals surface area contributed by atoms with Gasteiger partial charge in [0.05, 0.1) is 31.0 Å². The van der Waals surface area contributed by atoms with Crippen molar-refractivity contribution in [2.75, 3.05) is 19.0 Å². The Bertz CT molecular complexity index is 1290. The molecule has 0 saturated heterocycles. The quantitative estimate of drug-likeness (QED) is 0.455. The highest BCUT2D eigenvalue weighted by atomic mass is 16.5. The van der Waals surface area contributed by atoms with Crippen molar-refractivity contribution < 1.29 is 13.9 Å². The Balaban J connectivity index is 1.70. The number of amides is 1. The van der Waals surface area contributed by atoms with Gasteiger partial charge in [0.15, 0.2) is 0 Å². The third kappa shape index (κ3) is 3.94. The van der Waals surface area contributed by atoms with Gasteiger partial charge in [-0.3, -0.25) is 14.2 Å². The maximum atomic E-state index is 13.3. The van der Waals surface area contributed by atoms with Crippen molar-refractivity contribution in [3.8, 4) is 0 Å². The van der Waals surface area contributed by atoms with E-state index in [-0.39, 0.29) is 28.3 Å². The van der Waals surface area contributed by atoms with Crippen LogP contribution < -0.4 is 10.9 Å². The van der Waals surface area contributed by atoms with Crippen LogP contribution in [0, 0.1) is 6.92 Å². The number of aromatic nitrogens is 4. The smallest absolute Gasteiger partial charge is 0.265 e. The summed E-state index contributed by atoms with van der Waals surface area (Å²) >= 11 is 0. The Kier molecular flexibility index (Phi) is 6.18. The van der Waals surface area contributed by atoms with Gasteiger partial charge < -0.3 is 14.5 Å². The Morgan fingerprint density at radius 1 is 1.25 bits per heavy atom. The van der Waals surface area contributed by atoms with Gasteiger partial charge in [0.2, 0.25) is 5.71 Å². The Morgan fingerprint density at radius 2 is 2.03 bits per heavy atom. The third-order valence-corrected chi connectivity index (χ3v) is 5.40. The third-order valence-electron chi connectivity index (χ3n) is 5.40. The first kappa shape index (κ1) is 21.5. The predicted octanol–water partition coefficient (Wildman–Crippen LogP) is 3.39. The maximum Gasteiger partial charge on any atom is 0.265 e. The van der Waals surface area contributed by atoms with Gasteiger partial charge >= 0.3 is 0 Å². The zero-order chi connectivity index (χ0) is 22.7. The summed E-state index contributed by atoms with van der Waals surface area (Å²) in [5, 5.41) is 7.49. The van der Waals surface area contributed by atoms with Gasteiger partial charge in [-0.15, -0.1) is 0 Å². The lowest BCUT2D eigenvalue weighted by Gasteiger charge is -2.19. The van der Waals surface area contributed by atoms with Crippen LogP contribution in [0.5, 0.6) is 0 Å². The minimum atomic E-state index is -0.450. The van der Waals surface area contributed by atoms with Crippen LogP contribution >= 0.6 is 0 Å². The van der Waals surface area contributed by atoms with E-state index in [4.69, 9.17) is 9.15 Å². The normalized spacial score (nSPS) is 12.2. The minimum Gasteiger partial charge on any atom is -0.442 e. The number of hydrogen-bond acceptors (Lipinski definition) is 6. The number of carbonyl (C=O) groups is 1. The Morgan fingerprint density at radius 3 is 2.75 bits per heavy atom. The summed E-state index contributed by atoms with van der Waals surface area (Å²) in [5.74, 6) is 0.408. The van der Waals surface area contributed by atoms with Crippen molar-refractivity contribution in [3.63, 3.8) is 0 Å². The van der Waals surface area contributed by atoms with Crippen LogP contribution in [-0.2, 0) is 11.3 Å². The Hall–Kier alpha value is -3.72. The fraction of sp³-hybridized carbons (Fsp3) is 0.304. The van der Waals surface area contributed by atoms with Crippen LogP contribution in [0.4, 0.5) is 5.82 Å². The lowest BCUT2D eigenvalue weighted by molar-refractivity contribution is 0.102. The lowest BCUT2D eigenvalue weighted by atomic mass is 10.1. The standard InChI is InChI=1S/C23H25N5O4/c1-4-17(16-8-6-5-7-9-16)28-18(10-11-25-28)26-21(29)19-15(2)32-22-20(19)23(30)27(14-24-22)12-13-31-3/h5-11,14,17H,4,12-13H2,1-3H3,(H,26,29). The summed E-state index contributed by atoms with van der Waals surface area (Å²) in [5.41, 5.74) is 1.04. The molecule has 0 fully saturated rings. The van der Waals surface area contributed by atoms with E-state index in [1.807, 2.05) is 30.3 Å². The molecule has 32 heavy (non-hydrogen) atoms. The molecule has 1 aromatic carbocycles. The average Bonchev–Trinajstić information content (AvgIpc) is 3.38. The number of nitrogens with one attached hydrogen (secondary N) is 1. The monoisotopic (exact) mass is 435 g/mol. The summed E-state index contributed by atoms with van der Waals surface area (Å²) < 4.78 is 13.8. The number of hydrogen-bond donors (Lipinski definition) is 1. The number of benzene rings is 1. The molecule has 0 aliphatic heterocycles. The summed E-state index contributed by atoms with van der Waals surface area (Å²) in [4.78, 5) is 30.5. The van der Waals surface area contributed by atoms with E-state index in [1.165, 1.54) is 10.9 Å². The van der Waals surface area contributed by atoms with Crippen LogP contribution in [0.3, 0.4) is 0 Å². The van der Waals surface area contributed by atoms with Crippen molar-refractivity contribution in [1.29, 1.82) is 0 Å². The second-order valence-corrected chi connectivity index (χ2v) is 7.40. The van der Waals surface area contributed by atoms with Crippen molar-refractivity contribution in [1.82, 2.24) is 19.3 Å². The molecule has 3 aromatic heterocycles. The predicted molar refractivity (Wildman–Crippen MR) is 120 cm³/mol. The molecule has 0 radical (unpaired) electrons. The molecule has 1 unspecified atom stereocenters. The van der Waals surface area contributed by atoms with Crippen molar-refractivity contribution in [3.05, 3.63) is 76.2 Å². The van der Waals surface area contributed by atoms with E-state index in [1.54, 1.807) is 31.0 Å². The van der Waals surface area contributed by atoms with Crippen LogP contribution in [0.15, 0.2) is 58.1 Å². The van der Waals surface area contributed by atoms with Crippen molar-refractivity contribution >= 4 is 22.8 Å². The molecule has 9 nitrogen and oxygen atoms in total. The topological polar surface area (TPSA) is 104 Å². The van der Waals surface area contributed by atoms with Gasteiger partial charge in [0.1, 0.15) is 23.3 Å². The Labute approximate surface area is 184 Å². The molecule has 4 aromatic rings. The molecule has 4 rings (SSSR count). The molecule has 1 atom stereocenters. The fourth-order valence-electron chi connectivity index (χ4n) is 3.83. The first-order valence-corrected chi connectivity index (χ1v) is 10.4. The number of nitrogens with zero attached hydrogens (tertiary/aromatic N) is 4. The number of aryl methyl sites for hydroxylation is 1. The number of furan rings is 1. The van der Waals surface area contributed by atoms with Crippen molar-refractivity contribution in [2.45, 2.75) is 32.9 Å². The molecule has 3 heterocycles. The van der Waals surface area contributed by atoms with Crippen LogP contribution in [0.25, 0.3) is 11.1 Å². The highest BCUT2D eigenvalue weighted by Gasteiger charge is 2.25. The molecular formula is C23H25N5O4. The molecule has 0 bridgehead atoms. The van der Waals surface area contributed by atoms with E-state index in [0.717, 1.165) is 12.0 Å². The SMILES string of the molecule is CCC(c1ccccc1)n1nccc1NC(=O)c1c(C)oc2ncn(CCOC)c(=O)c12. The number of fused-ring (bicyclic) bond motifs is 1. The van der Waals surface area contributed by atoms with Gasteiger partial charge in [-0.25, -0.2) is 9.67 Å². The fourth-order valence-corrected chi connectivity index (χ4v) is 3.83. The zero-order valence-corrected chi connectivity index (χ0v) is 18.2. The van der Waals surface area contributed by atoms with Crippen LogP contribution in [0.1, 0.15) is 41.1 Å². The van der Waals surface area contributed by atoms with E-state index >= 15 is 0 Å². The number of anilines is 1. The summed E-state index contributed by atoms with van der Waals surface area (Å²) in [6, 6.07) is 11.7. The van der Waals surface area contributed by atoms with Gasteiger partial charge in [0, 0.05) is 13.2 Å². The minimum absolute atomic E-state index is 0.0448. The van der Waals surface area contributed by atoms with Crippen molar-refractivity contribution in [2.24, 2.45) is 0 Å². The molecule has 1 amide bonds. The lowest BCUT2D eigenvalue weighted by Crippen LogP contribution is -2.25. The van der Waals surface area contributed by atoms with E-state index in [9.17, 15) is 9.59 Å². The highest BCUT2D eigenvalue weighted by molar-refractivity contribution is 6.12. The highest BCUT2D eigenvalue weighted by Crippen LogP contribution is 2.26. The molecule has 9 heteroatoms. The van der Waals surface area contributed by atoms with Gasteiger partial charge in [0.25, 0.3) is 11.5 Å². The van der Waals surface area contributed by atoms with E-state index in [2.05, 4.69) is 22.3 Å². The zero-order valence-electron chi connectivity index (χ0n) is 18.2. The number of ether oxygens (including phenoxy) is 1. The number of rotatable bonds is 8. The summed E-state index contributed by atoms with van der Waals surface area (Å²) in [6.07, 6.45) is 3.83. The van der Waals surface area contributed by atoms with E-state index < -0.39 is 5.91 Å². The average molecular weight is 435 g/mol. The first-order valence-electron chi connectivity index (χ1n) is 10.4. The molecule has 166 valence electrons. The largest absolute Gasteiger partial charge is 0.442 e. The molecule has 0 aliphatic carbocycles. The molecule has 0 spiro atoms. The molecule has 1 N–H and O–H groups in total. The molecule has 0 aliphatic rings. The summed E-state index contributed by atoms with van der Waals surface area (Å²) in [7, 11) is 1.56. The summed E-state index contributed by atoms with van der Waals surface area (Å²) in [6.45, 7) is 4.38.